The molecule has 32 heavy (non-hydrogen) atoms. The van der Waals surface area contributed by atoms with Crippen LogP contribution in [0.15, 0.2) is 88.4 Å². The van der Waals surface area contributed by atoms with Crippen molar-refractivity contribution in [3.05, 3.63) is 100 Å². The Morgan fingerprint density at radius 3 is 2.31 bits per heavy atom. The Morgan fingerprint density at radius 2 is 1.66 bits per heavy atom. The molecule has 0 saturated heterocycles. The molecule has 0 fully saturated rings. The first-order valence-electron chi connectivity index (χ1n) is 10.3. The summed E-state index contributed by atoms with van der Waals surface area (Å²) in [5.74, 6) is 0.519. The first kappa shape index (κ1) is 21.8. The van der Waals surface area contributed by atoms with Crippen LogP contribution in [0.4, 0.5) is 0 Å². The number of aryl methyl sites for hydroxylation is 1. The zero-order valence-corrected chi connectivity index (χ0v) is 19.0. The highest BCUT2D eigenvalue weighted by atomic mass is 32.2. The topological polar surface area (TPSA) is 69.7 Å². The minimum Gasteiger partial charge on any atom is -0.497 e. The lowest BCUT2D eigenvalue weighted by molar-refractivity contribution is 0.0977. The number of carbonyl (C=O) groups excluding carboxylic acids is 1. The number of hydrogen-bond acceptors (Lipinski definition) is 5. The van der Waals surface area contributed by atoms with E-state index < -0.39 is 15.8 Å². The molecule has 6 heteroatoms. The molecule has 0 bridgehead atoms. The summed E-state index contributed by atoms with van der Waals surface area (Å²) in [5.41, 5.74) is 2.11. The molecule has 0 amide bonds. The SMILES string of the molecule is COc1ccc2c(c1)C(CC(=O)c1ccccc1)C(S(=O)(=O)c1ccc(C)cc1)=C(C)O2. The summed E-state index contributed by atoms with van der Waals surface area (Å²) in [5, 5.41) is 0. The highest BCUT2D eigenvalue weighted by molar-refractivity contribution is 7.95. The molecule has 1 atom stereocenters. The quantitative estimate of drug-likeness (QED) is 0.469. The predicted molar refractivity (Wildman–Crippen MR) is 123 cm³/mol. The fourth-order valence-corrected chi connectivity index (χ4v) is 5.72. The number of Topliss-reactive ketones (excluding diaryl/α,β-unsaturated/α-hetero) is 1. The number of methoxy groups -OCH3 is 1. The minimum absolute atomic E-state index is 0.00863. The van der Waals surface area contributed by atoms with Gasteiger partial charge in [-0.25, -0.2) is 8.42 Å². The summed E-state index contributed by atoms with van der Waals surface area (Å²) in [4.78, 5) is 13.4. The van der Waals surface area contributed by atoms with Crippen LogP contribution in [0.2, 0.25) is 0 Å². The van der Waals surface area contributed by atoms with E-state index in [1.807, 2.05) is 13.0 Å². The van der Waals surface area contributed by atoms with Crippen LogP contribution in [0, 0.1) is 6.92 Å². The van der Waals surface area contributed by atoms with Gasteiger partial charge in [0.25, 0.3) is 0 Å². The lowest BCUT2D eigenvalue weighted by Gasteiger charge is -2.29. The Labute approximate surface area is 188 Å². The van der Waals surface area contributed by atoms with Crippen LogP contribution >= 0.6 is 0 Å². The van der Waals surface area contributed by atoms with Crippen molar-refractivity contribution in [2.45, 2.75) is 31.1 Å². The van der Waals surface area contributed by atoms with E-state index >= 15 is 0 Å². The standard InChI is InChI=1S/C26H24O5S/c1-17-9-12-21(13-10-17)32(28,29)26-18(2)31-25-14-11-20(30-3)15-22(25)23(26)16-24(27)19-7-5-4-6-8-19/h4-15,23H,16H2,1-3H3. The van der Waals surface area contributed by atoms with E-state index in [1.54, 1.807) is 80.8 Å². The molecule has 3 aromatic rings. The highest BCUT2D eigenvalue weighted by Crippen LogP contribution is 2.46. The molecule has 0 radical (unpaired) electrons. The molecule has 5 nitrogen and oxygen atoms in total. The molecule has 1 aliphatic rings. The van der Waals surface area contributed by atoms with Crippen LogP contribution in [-0.2, 0) is 9.84 Å². The van der Waals surface area contributed by atoms with Crippen molar-refractivity contribution in [1.82, 2.24) is 0 Å². The smallest absolute Gasteiger partial charge is 0.206 e. The van der Waals surface area contributed by atoms with E-state index in [1.165, 1.54) is 0 Å². The van der Waals surface area contributed by atoms with Crippen LogP contribution in [0.3, 0.4) is 0 Å². The number of allylic oxidation sites excluding steroid dienone is 2. The first-order chi connectivity index (χ1) is 15.3. The van der Waals surface area contributed by atoms with Gasteiger partial charge < -0.3 is 9.47 Å². The number of fused-ring (bicyclic) bond motifs is 1. The molecule has 1 heterocycles. The molecule has 164 valence electrons. The summed E-state index contributed by atoms with van der Waals surface area (Å²) in [6.45, 7) is 3.53. The van der Waals surface area contributed by atoms with Crippen molar-refractivity contribution < 1.29 is 22.7 Å². The van der Waals surface area contributed by atoms with Gasteiger partial charge in [-0.1, -0.05) is 48.0 Å². The third kappa shape index (κ3) is 4.06. The van der Waals surface area contributed by atoms with Crippen molar-refractivity contribution in [2.24, 2.45) is 0 Å². The van der Waals surface area contributed by atoms with Crippen molar-refractivity contribution in [3.8, 4) is 11.5 Å². The Hall–Kier alpha value is -3.38. The Balaban J connectivity index is 1.86. The maximum atomic E-state index is 13.7. The largest absolute Gasteiger partial charge is 0.497 e. The van der Waals surface area contributed by atoms with Gasteiger partial charge in [0.15, 0.2) is 5.78 Å². The van der Waals surface area contributed by atoms with Crippen molar-refractivity contribution in [1.29, 1.82) is 0 Å². The molecular formula is C26H24O5S. The van der Waals surface area contributed by atoms with Gasteiger partial charge >= 0.3 is 0 Å². The number of carbonyl (C=O) groups is 1. The van der Waals surface area contributed by atoms with Crippen LogP contribution in [0.1, 0.15) is 40.7 Å². The Kier molecular flexibility index (Phi) is 5.89. The van der Waals surface area contributed by atoms with Crippen LogP contribution < -0.4 is 9.47 Å². The number of ketones is 1. The molecule has 3 aromatic carbocycles. The van der Waals surface area contributed by atoms with E-state index in [9.17, 15) is 13.2 Å². The monoisotopic (exact) mass is 448 g/mol. The number of sulfone groups is 1. The van der Waals surface area contributed by atoms with Crippen molar-refractivity contribution in [2.75, 3.05) is 7.11 Å². The maximum absolute atomic E-state index is 13.7. The summed E-state index contributed by atoms with van der Waals surface area (Å²) >= 11 is 0. The summed E-state index contributed by atoms with van der Waals surface area (Å²) in [6, 6.07) is 20.8. The summed E-state index contributed by atoms with van der Waals surface area (Å²) in [7, 11) is -2.36. The lowest BCUT2D eigenvalue weighted by atomic mass is 9.88. The second-order valence-corrected chi connectivity index (χ2v) is 9.71. The van der Waals surface area contributed by atoms with Crippen LogP contribution in [0.25, 0.3) is 0 Å². The molecule has 0 spiro atoms. The second kappa shape index (κ2) is 8.63. The van der Waals surface area contributed by atoms with Crippen molar-refractivity contribution >= 4 is 15.6 Å². The van der Waals surface area contributed by atoms with Gasteiger partial charge in [0, 0.05) is 23.5 Å². The molecule has 0 N–H and O–H groups in total. The summed E-state index contributed by atoms with van der Waals surface area (Å²) < 4.78 is 38.7. The van der Waals surface area contributed by atoms with Gasteiger partial charge in [-0.3, -0.25) is 4.79 Å². The molecule has 1 aliphatic heterocycles. The van der Waals surface area contributed by atoms with Crippen molar-refractivity contribution in [3.63, 3.8) is 0 Å². The fraction of sp³-hybridized carbons (Fsp3) is 0.192. The third-order valence-corrected chi connectivity index (χ3v) is 7.67. The normalized spacial score (nSPS) is 15.7. The third-order valence-electron chi connectivity index (χ3n) is 5.62. The van der Waals surface area contributed by atoms with E-state index in [0.717, 1.165) is 5.56 Å². The Morgan fingerprint density at radius 1 is 0.969 bits per heavy atom. The average Bonchev–Trinajstić information content (AvgIpc) is 2.79. The van der Waals surface area contributed by atoms with Gasteiger partial charge in [-0.15, -0.1) is 0 Å². The number of hydrogen-bond donors (Lipinski definition) is 0. The average molecular weight is 449 g/mol. The van der Waals surface area contributed by atoms with E-state index in [2.05, 4.69) is 0 Å². The second-order valence-electron chi connectivity index (χ2n) is 7.79. The zero-order chi connectivity index (χ0) is 22.9. The van der Waals surface area contributed by atoms with E-state index in [0.29, 0.717) is 22.6 Å². The lowest BCUT2D eigenvalue weighted by Crippen LogP contribution is -2.23. The number of ether oxygens (including phenoxy) is 2. The molecule has 4 rings (SSSR count). The molecule has 1 unspecified atom stereocenters. The van der Waals surface area contributed by atoms with E-state index in [4.69, 9.17) is 9.47 Å². The Bertz CT molecular complexity index is 1290. The number of benzene rings is 3. The molecular weight excluding hydrogens is 424 g/mol. The van der Waals surface area contributed by atoms with Crippen LogP contribution in [0.5, 0.6) is 11.5 Å². The summed E-state index contributed by atoms with van der Waals surface area (Å²) in [6.07, 6.45) is -0.00863. The van der Waals surface area contributed by atoms with Gasteiger partial charge in [-0.2, -0.15) is 0 Å². The van der Waals surface area contributed by atoms with Gasteiger partial charge in [0.2, 0.25) is 9.84 Å². The fourth-order valence-electron chi connectivity index (χ4n) is 3.97. The molecule has 0 aromatic heterocycles. The van der Waals surface area contributed by atoms with Crippen LogP contribution in [-0.4, -0.2) is 21.3 Å². The minimum atomic E-state index is -3.91. The zero-order valence-electron chi connectivity index (χ0n) is 18.2. The first-order valence-corrected chi connectivity index (χ1v) is 11.8. The van der Waals surface area contributed by atoms with Gasteiger partial charge in [0.05, 0.1) is 16.9 Å². The molecule has 0 aliphatic carbocycles. The predicted octanol–water partition coefficient (Wildman–Crippen LogP) is 5.46. The van der Waals surface area contributed by atoms with E-state index in [-0.39, 0.29) is 27.8 Å². The number of rotatable bonds is 6. The van der Waals surface area contributed by atoms with Gasteiger partial charge in [-0.05, 0) is 44.2 Å². The van der Waals surface area contributed by atoms with Gasteiger partial charge in [0.1, 0.15) is 17.3 Å². The highest BCUT2D eigenvalue weighted by Gasteiger charge is 2.38. The maximum Gasteiger partial charge on any atom is 0.206 e. The molecule has 0 saturated carbocycles.